The number of rotatable bonds is 5. The molecule has 0 aliphatic heterocycles. The van der Waals surface area contributed by atoms with E-state index in [1.807, 2.05) is 36.5 Å². The number of benzene rings is 2. The Morgan fingerprint density at radius 2 is 1.83 bits per heavy atom. The zero-order chi connectivity index (χ0) is 17.3. The molecule has 24 heavy (non-hydrogen) atoms. The van der Waals surface area contributed by atoms with Gasteiger partial charge in [0.25, 0.3) is 0 Å². The van der Waals surface area contributed by atoms with Crippen molar-refractivity contribution in [3.8, 4) is 11.5 Å². The van der Waals surface area contributed by atoms with Crippen LogP contribution in [0.1, 0.15) is 17.2 Å². The number of nitrogens with zero attached hydrogens (tertiary/aromatic N) is 1. The van der Waals surface area contributed by atoms with Crippen molar-refractivity contribution in [2.24, 2.45) is 0 Å². The monoisotopic (exact) mass is 344 g/mol. The molecule has 126 valence electrons. The summed E-state index contributed by atoms with van der Waals surface area (Å²) < 4.78 is 11.1. The van der Waals surface area contributed by atoms with Crippen LogP contribution in [0.25, 0.3) is 10.9 Å². The van der Waals surface area contributed by atoms with E-state index in [1.54, 1.807) is 14.2 Å². The van der Waals surface area contributed by atoms with Gasteiger partial charge in [-0.1, -0.05) is 29.8 Å². The van der Waals surface area contributed by atoms with Crippen LogP contribution >= 0.6 is 11.6 Å². The van der Waals surface area contributed by atoms with Gasteiger partial charge in [-0.25, -0.2) is 0 Å². The Morgan fingerprint density at radius 1 is 1.04 bits per heavy atom. The van der Waals surface area contributed by atoms with Crippen molar-refractivity contribution in [3.05, 3.63) is 58.7 Å². The summed E-state index contributed by atoms with van der Waals surface area (Å²) in [4.78, 5) is 5.48. The number of hydrogen-bond acceptors (Lipinski definition) is 3. The molecule has 1 N–H and O–H groups in total. The summed E-state index contributed by atoms with van der Waals surface area (Å²) in [5.74, 6) is 1.48. The molecule has 0 bridgehead atoms. The second-order valence-corrected chi connectivity index (χ2v) is 6.32. The van der Waals surface area contributed by atoms with Crippen molar-refractivity contribution < 1.29 is 9.47 Å². The first-order chi connectivity index (χ1) is 11.6. The fourth-order valence-electron chi connectivity index (χ4n) is 3.20. The van der Waals surface area contributed by atoms with Gasteiger partial charge in [-0.05, 0) is 37.9 Å². The number of aromatic nitrogens is 1. The van der Waals surface area contributed by atoms with Crippen molar-refractivity contribution in [1.82, 2.24) is 9.88 Å². The molecule has 1 atom stereocenters. The smallest absolute Gasteiger partial charge is 0.165 e. The molecule has 0 fully saturated rings. The third kappa shape index (κ3) is 2.83. The Kier molecular flexibility index (Phi) is 4.69. The molecule has 3 rings (SSSR count). The lowest BCUT2D eigenvalue weighted by atomic mass is 9.96. The third-order valence-corrected chi connectivity index (χ3v) is 4.45. The molecular formula is C19H21ClN2O2. The molecule has 0 aliphatic rings. The predicted molar refractivity (Wildman–Crippen MR) is 98.4 cm³/mol. The molecule has 3 aromatic rings. The van der Waals surface area contributed by atoms with Crippen LogP contribution in [0.3, 0.4) is 0 Å². The second kappa shape index (κ2) is 6.75. The van der Waals surface area contributed by atoms with Gasteiger partial charge in [0, 0.05) is 27.7 Å². The fraction of sp³-hybridized carbons (Fsp3) is 0.263. The first-order valence-corrected chi connectivity index (χ1v) is 8.08. The quantitative estimate of drug-likeness (QED) is 0.741. The van der Waals surface area contributed by atoms with E-state index < -0.39 is 0 Å². The number of methoxy groups -OCH3 is 2. The fourth-order valence-corrected chi connectivity index (χ4v) is 3.37. The minimum absolute atomic E-state index is 0.0185. The van der Waals surface area contributed by atoms with Crippen LogP contribution in [0.5, 0.6) is 11.5 Å². The SMILES string of the molecule is COc1cccc(C(c2c[nH]c3cc(Cl)ccc23)N(C)C)c1OC. The highest BCUT2D eigenvalue weighted by molar-refractivity contribution is 6.31. The Hall–Kier alpha value is -2.17. The molecule has 0 radical (unpaired) electrons. The molecule has 1 unspecified atom stereocenters. The summed E-state index contributed by atoms with van der Waals surface area (Å²) in [5, 5.41) is 1.86. The topological polar surface area (TPSA) is 37.5 Å². The molecule has 1 aromatic heterocycles. The number of H-pyrrole nitrogens is 1. The van der Waals surface area contributed by atoms with Gasteiger partial charge in [0.05, 0.1) is 20.3 Å². The summed E-state index contributed by atoms with van der Waals surface area (Å²) in [7, 11) is 7.43. The number of ether oxygens (including phenoxy) is 2. The maximum atomic E-state index is 6.11. The third-order valence-electron chi connectivity index (χ3n) is 4.21. The maximum Gasteiger partial charge on any atom is 0.165 e. The number of fused-ring (bicyclic) bond motifs is 1. The van der Waals surface area contributed by atoms with Gasteiger partial charge in [0.1, 0.15) is 0 Å². The molecule has 0 saturated carbocycles. The van der Waals surface area contributed by atoms with E-state index in [1.165, 1.54) is 5.56 Å². The summed E-state index contributed by atoms with van der Waals surface area (Å²) in [6.07, 6.45) is 2.03. The van der Waals surface area contributed by atoms with Gasteiger partial charge >= 0.3 is 0 Å². The Morgan fingerprint density at radius 3 is 2.50 bits per heavy atom. The zero-order valence-electron chi connectivity index (χ0n) is 14.3. The molecule has 0 spiro atoms. The lowest BCUT2D eigenvalue weighted by Gasteiger charge is -2.27. The van der Waals surface area contributed by atoms with E-state index in [9.17, 15) is 0 Å². The van der Waals surface area contributed by atoms with E-state index in [0.29, 0.717) is 0 Å². The average Bonchev–Trinajstić information content (AvgIpc) is 2.97. The van der Waals surface area contributed by atoms with E-state index >= 15 is 0 Å². The number of nitrogens with one attached hydrogen (secondary N) is 1. The molecule has 5 heteroatoms. The average molecular weight is 345 g/mol. The first-order valence-electron chi connectivity index (χ1n) is 7.70. The van der Waals surface area contributed by atoms with Gasteiger partial charge in [-0.2, -0.15) is 0 Å². The minimum atomic E-state index is 0.0185. The van der Waals surface area contributed by atoms with Gasteiger partial charge in [0.15, 0.2) is 11.5 Å². The second-order valence-electron chi connectivity index (χ2n) is 5.88. The van der Waals surface area contributed by atoms with Crippen LogP contribution in [-0.4, -0.2) is 38.2 Å². The standard InChI is InChI=1S/C19H21ClN2O2/c1-22(2)18(14-6-5-7-17(23-3)19(14)24-4)15-11-21-16-10-12(20)8-9-13(15)16/h5-11,18,21H,1-4H3. The van der Waals surface area contributed by atoms with E-state index in [0.717, 1.165) is 33.0 Å². The molecule has 4 nitrogen and oxygen atoms in total. The van der Waals surface area contributed by atoms with Crippen molar-refractivity contribution in [2.45, 2.75) is 6.04 Å². The van der Waals surface area contributed by atoms with Crippen LogP contribution in [0.4, 0.5) is 0 Å². The van der Waals surface area contributed by atoms with Crippen molar-refractivity contribution >= 4 is 22.5 Å². The highest BCUT2D eigenvalue weighted by Crippen LogP contribution is 2.41. The lowest BCUT2D eigenvalue weighted by molar-refractivity contribution is 0.315. The number of para-hydroxylation sites is 1. The predicted octanol–water partition coefficient (Wildman–Crippen LogP) is 4.49. The number of aromatic amines is 1. The van der Waals surface area contributed by atoms with Crippen molar-refractivity contribution in [2.75, 3.05) is 28.3 Å². The van der Waals surface area contributed by atoms with Crippen LogP contribution in [0.2, 0.25) is 5.02 Å². The largest absolute Gasteiger partial charge is 0.493 e. The number of halogens is 1. The highest BCUT2D eigenvalue weighted by Gasteiger charge is 2.25. The van der Waals surface area contributed by atoms with Crippen LogP contribution in [0, 0.1) is 0 Å². The Bertz CT molecular complexity index is 858. The summed E-state index contributed by atoms with van der Waals surface area (Å²) >= 11 is 6.11. The van der Waals surface area contributed by atoms with Crippen LogP contribution in [-0.2, 0) is 0 Å². The maximum absolute atomic E-state index is 6.11. The molecule has 2 aromatic carbocycles. The van der Waals surface area contributed by atoms with E-state index in [4.69, 9.17) is 21.1 Å². The summed E-state index contributed by atoms with van der Waals surface area (Å²) in [6, 6.07) is 11.9. The molecular weight excluding hydrogens is 324 g/mol. The Labute approximate surface area is 146 Å². The van der Waals surface area contributed by atoms with Crippen LogP contribution < -0.4 is 9.47 Å². The van der Waals surface area contributed by atoms with Gasteiger partial charge in [-0.15, -0.1) is 0 Å². The van der Waals surface area contributed by atoms with Gasteiger partial charge < -0.3 is 14.5 Å². The zero-order valence-corrected chi connectivity index (χ0v) is 15.0. The first kappa shape index (κ1) is 16.7. The van der Waals surface area contributed by atoms with Crippen molar-refractivity contribution in [1.29, 1.82) is 0 Å². The summed E-state index contributed by atoms with van der Waals surface area (Å²) in [5.41, 5.74) is 3.24. The lowest BCUT2D eigenvalue weighted by Crippen LogP contribution is -2.21. The van der Waals surface area contributed by atoms with E-state index in [-0.39, 0.29) is 6.04 Å². The summed E-state index contributed by atoms with van der Waals surface area (Å²) in [6.45, 7) is 0. The minimum Gasteiger partial charge on any atom is -0.493 e. The normalized spacial score (nSPS) is 12.6. The molecule has 0 saturated heterocycles. The molecule has 1 heterocycles. The van der Waals surface area contributed by atoms with E-state index in [2.05, 4.69) is 30.0 Å². The van der Waals surface area contributed by atoms with Crippen LogP contribution in [0.15, 0.2) is 42.6 Å². The van der Waals surface area contributed by atoms with Gasteiger partial charge in [0.2, 0.25) is 0 Å². The van der Waals surface area contributed by atoms with Gasteiger partial charge in [-0.3, -0.25) is 4.90 Å². The molecule has 0 aliphatic carbocycles. The highest BCUT2D eigenvalue weighted by atomic mass is 35.5. The number of hydrogen-bond donors (Lipinski definition) is 1. The molecule has 0 amide bonds. The van der Waals surface area contributed by atoms with Crippen molar-refractivity contribution in [3.63, 3.8) is 0 Å². The Balaban J connectivity index is 2.21.